The fourth-order valence-corrected chi connectivity index (χ4v) is 1.54. The van der Waals surface area contributed by atoms with Gasteiger partial charge in [0.1, 0.15) is 0 Å². The SMILES string of the molecule is CCOC(=O)C(C(N)=O)c1cccc(C(F)(F)F)c1. The molecule has 1 unspecified atom stereocenters. The summed E-state index contributed by atoms with van der Waals surface area (Å²) in [5, 5.41) is 0. The summed E-state index contributed by atoms with van der Waals surface area (Å²) >= 11 is 0. The third-order valence-electron chi connectivity index (χ3n) is 2.35. The summed E-state index contributed by atoms with van der Waals surface area (Å²) in [5.74, 6) is -3.56. The van der Waals surface area contributed by atoms with Gasteiger partial charge in [0, 0.05) is 0 Å². The molecule has 0 heterocycles. The van der Waals surface area contributed by atoms with E-state index in [4.69, 9.17) is 5.73 Å². The smallest absolute Gasteiger partial charge is 0.416 e. The van der Waals surface area contributed by atoms with Gasteiger partial charge in [-0.25, -0.2) is 0 Å². The maximum atomic E-state index is 12.5. The average molecular weight is 275 g/mol. The van der Waals surface area contributed by atoms with E-state index in [1.807, 2.05) is 0 Å². The van der Waals surface area contributed by atoms with Crippen LogP contribution in [-0.2, 0) is 20.5 Å². The summed E-state index contributed by atoms with van der Waals surface area (Å²) in [6.07, 6.45) is -4.56. The zero-order valence-corrected chi connectivity index (χ0v) is 10.0. The molecule has 1 rings (SSSR count). The number of halogens is 3. The number of ether oxygens (including phenoxy) is 1. The van der Waals surface area contributed by atoms with E-state index in [9.17, 15) is 22.8 Å². The molecule has 0 saturated heterocycles. The molecule has 1 amide bonds. The maximum absolute atomic E-state index is 12.5. The summed E-state index contributed by atoms with van der Waals surface area (Å²) in [5.41, 5.74) is 3.94. The zero-order chi connectivity index (χ0) is 14.6. The van der Waals surface area contributed by atoms with E-state index in [1.54, 1.807) is 0 Å². The molecule has 7 heteroatoms. The van der Waals surface area contributed by atoms with E-state index in [2.05, 4.69) is 4.74 Å². The highest BCUT2D eigenvalue weighted by atomic mass is 19.4. The number of esters is 1. The topological polar surface area (TPSA) is 69.4 Å². The van der Waals surface area contributed by atoms with Gasteiger partial charge in [0.05, 0.1) is 12.2 Å². The van der Waals surface area contributed by atoms with Crippen molar-refractivity contribution in [1.82, 2.24) is 0 Å². The fourth-order valence-electron chi connectivity index (χ4n) is 1.54. The van der Waals surface area contributed by atoms with E-state index in [1.165, 1.54) is 13.0 Å². The Balaban J connectivity index is 3.17. The molecular formula is C12H12F3NO3. The number of carbonyl (C=O) groups excluding carboxylic acids is 2. The first-order valence-corrected chi connectivity index (χ1v) is 5.40. The van der Waals surface area contributed by atoms with Crippen LogP contribution in [0, 0.1) is 0 Å². The number of amides is 1. The Kier molecular flexibility index (Phi) is 4.52. The van der Waals surface area contributed by atoms with Crippen molar-refractivity contribution in [2.24, 2.45) is 5.73 Å². The van der Waals surface area contributed by atoms with Crippen molar-refractivity contribution in [3.05, 3.63) is 35.4 Å². The zero-order valence-electron chi connectivity index (χ0n) is 10.0. The van der Waals surface area contributed by atoms with Gasteiger partial charge in [-0.05, 0) is 18.6 Å². The molecule has 0 fully saturated rings. The number of rotatable bonds is 4. The van der Waals surface area contributed by atoms with Crippen LogP contribution in [0.1, 0.15) is 24.0 Å². The highest BCUT2D eigenvalue weighted by molar-refractivity contribution is 6.02. The second kappa shape index (κ2) is 5.73. The van der Waals surface area contributed by atoms with Gasteiger partial charge in [-0.3, -0.25) is 9.59 Å². The molecule has 104 valence electrons. The van der Waals surface area contributed by atoms with Crippen LogP contribution in [0.15, 0.2) is 24.3 Å². The molecule has 1 aromatic carbocycles. The molecule has 0 spiro atoms. The van der Waals surface area contributed by atoms with E-state index in [0.29, 0.717) is 6.07 Å². The van der Waals surface area contributed by atoms with Gasteiger partial charge >= 0.3 is 12.1 Å². The van der Waals surface area contributed by atoms with Crippen molar-refractivity contribution in [3.63, 3.8) is 0 Å². The summed E-state index contributed by atoms with van der Waals surface area (Å²) in [6, 6.07) is 3.88. The van der Waals surface area contributed by atoms with Gasteiger partial charge in [-0.15, -0.1) is 0 Å². The standard InChI is InChI=1S/C12H12F3NO3/c1-2-19-11(18)9(10(16)17)7-4-3-5-8(6-7)12(13,14)15/h3-6,9H,2H2,1H3,(H2,16,17). The highest BCUT2D eigenvalue weighted by Gasteiger charge is 2.33. The molecule has 2 N–H and O–H groups in total. The van der Waals surface area contributed by atoms with Crippen molar-refractivity contribution in [1.29, 1.82) is 0 Å². The van der Waals surface area contributed by atoms with Gasteiger partial charge in [0.2, 0.25) is 5.91 Å². The monoisotopic (exact) mass is 275 g/mol. The molecule has 0 bridgehead atoms. The molecule has 0 aliphatic heterocycles. The van der Waals surface area contributed by atoms with Crippen LogP contribution in [0.5, 0.6) is 0 Å². The summed E-state index contributed by atoms with van der Waals surface area (Å²) in [6.45, 7) is 1.52. The Labute approximate surface area is 107 Å². The summed E-state index contributed by atoms with van der Waals surface area (Å²) in [4.78, 5) is 22.8. The van der Waals surface area contributed by atoms with Gasteiger partial charge in [0.25, 0.3) is 0 Å². The fraction of sp³-hybridized carbons (Fsp3) is 0.333. The minimum atomic E-state index is -4.56. The van der Waals surface area contributed by atoms with Gasteiger partial charge in [-0.2, -0.15) is 13.2 Å². The third-order valence-corrected chi connectivity index (χ3v) is 2.35. The number of primary amides is 1. The van der Waals surface area contributed by atoms with Crippen LogP contribution in [0.3, 0.4) is 0 Å². The van der Waals surface area contributed by atoms with Gasteiger partial charge in [-0.1, -0.05) is 18.2 Å². The summed E-state index contributed by atoms with van der Waals surface area (Å²) < 4.78 is 42.3. The van der Waals surface area contributed by atoms with Crippen molar-refractivity contribution >= 4 is 11.9 Å². The average Bonchev–Trinajstić information content (AvgIpc) is 2.28. The second-order valence-corrected chi connectivity index (χ2v) is 3.71. The molecule has 4 nitrogen and oxygen atoms in total. The maximum Gasteiger partial charge on any atom is 0.416 e. The predicted octanol–water partition coefficient (Wildman–Crippen LogP) is 1.84. The number of nitrogens with two attached hydrogens (primary N) is 1. The number of hydrogen-bond acceptors (Lipinski definition) is 3. The third kappa shape index (κ3) is 3.70. The Morgan fingerprint density at radius 3 is 2.47 bits per heavy atom. The second-order valence-electron chi connectivity index (χ2n) is 3.71. The number of benzene rings is 1. The Bertz CT molecular complexity index is 485. The van der Waals surface area contributed by atoms with Gasteiger partial charge in [0.15, 0.2) is 5.92 Å². The van der Waals surface area contributed by atoms with Crippen LogP contribution in [-0.4, -0.2) is 18.5 Å². The molecular weight excluding hydrogens is 263 g/mol. The molecule has 1 atom stereocenters. The molecule has 1 aromatic rings. The molecule has 0 saturated carbocycles. The van der Waals surface area contributed by atoms with Gasteiger partial charge < -0.3 is 10.5 Å². The Hall–Kier alpha value is -2.05. The normalized spacial score (nSPS) is 12.8. The first-order valence-electron chi connectivity index (χ1n) is 5.40. The van der Waals surface area contributed by atoms with Crippen molar-refractivity contribution in [2.75, 3.05) is 6.61 Å². The molecule has 19 heavy (non-hydrogen) atoms. The lowest BCUT2D eigenvalue weighted by Crippen LogP contribution is -2.30. The van der Waals surface area contributed by atoms with Crippen LogP contribution < -0.4 is 5.73 Å². The quantitative estimate of drug-likeness (QED) is 0.673. The first-order chi connectivity index (χ1) is 8.77. The van der Waals surface area contributed by atoms with E-state index in [0.717, 1.165) is 12.1 Å². The van der Waals surface area contributed by atoms with Crippen LogP contribution >= 0.6 is 0 Å². The lowest BCUT2D eigenvalue weighted by Gasteiger charge is -2.14. The van der Waals surface area contributed by atoms with Crippen molar-refractivity contribution < 1.29 is 27.5 Å². The number of alkyl halides is 3. The number of carbonyl (C=O) groups is 2. The van der Waals surface area contributed by atoms with E-state index < -0.39 is 29.5 Å². The van der Waals surface area contributed by atoms with Crippen LogP contribution in [0.2, 0.25) is 0 Å². The molecule has 0 aliphatic rings. The lowest BCUT2D eigenvalue weighted by atomic mass is 9.96. The lowest BCUT2D eigenvalue weighted by molar-refractivity contribution is -0.148. The van der Waals surface area contributed by atoms with Crippen LogP contribution in [0.25, 0.3) is 0 Å². The molecule has 0 aromatic heterocycles. The highest BCUT2D eigenvalue weighted by Crippen LogP contribution is 2.31. The van der Waals surface area contributed by atoms with E-state index >= 15 is 0 Å². The Morgan fingerprint density at radius 2 is 2.00 bits per heavy atom. The minimum Gasteiger partial charge on any atom is -0.465 e. The molecule has 0 aliphatic carbocycles. The van der Waals surface area contributed by atoms with Crippen LogP contribution in [0.4, 0.5) is 13.2 Å². The van der Waals surface area contributed by atoms with E-state index in [-0.39, 0.29) is 12.2 Å². The largest absolute Gasteiger partial charge is 0.465 e. The number of hydrogen-bond donors (Lipinski definition) is 1. The minimum absolute atomic E-state index is 0.00156. The molecule has 0 radical (unpaired) electrons. The predicted molar refractivity (Wildman–Crippen MR) is 60.0 cm³/mol. The summed E-state index contributed by atoms with van der Waals surface area (Å²) in [7, 11) is 0. The first kappa shape index (κ1) is 15.0. The van der Waals surface area contributed by atoms with Crippen molar-refractivity contribution in [2.45, 2.75) is 19.0 Å². The van der Waals surface area contributed by atoms with Crippen molar-refractivity contribution in [3.8, 4) is 0 Å². The Morgan fingerprint density at radius 1 is 1.37 bits per heavy atom.